The predicted molar refractivity (Wildman–Crippen MR) is 96.6 cm³/mol. The van der Waals surface area contributed by atoms with E-state index in [1.807, 2.05) is 0 Å². The Bertz CT molecular complexity index is 487. The van der Waals surface area contributed by atoms with Crippen LogP contribution < -0.4 is 8.92 Å². The third kappa shape index (κ3) is 5.31. The van der Waals surface area contributed by atoms with Gasteiger partial charge < -0.3 is 0 Å². The van der Waals surface area contributed by atoms with Crippen LogP contribution in [0, 0.1) is 0 Å². The van der Waals surface area contributed by atoms with Crippen LogP contribution >= 0.6 is 0 Å². The summed E-state index contributed by atoms with van der Waals surface area (Å²) in [5.41, 5.74) is 2.90. The molecule has 0 unspecified atom stereocenters. The number of rotatable bonds is 6. The van der Waals surface area contributed by atoms with E-state index in [-0.39, 0.29) is 0 Å². The molecular formula is C19H24Se2. The standard InChI is InChI=1S/C19H24Se2/c1-14(2)16-5-9-18(10-6-16)20-13-21-19-11-7-17(8-12-19)15(3)4/h5-12,14-15H,13H2,1-4H3. The maximum atomic E-state index is 2.33. The summed E-state index contributed by atoms with van der Waals surface area (Å²) >= 11 is 1.23. The molecule has 0 spiro atoms. The number of hydrogen-bond acceptors (Lipinski definition) is 0. The van der Waals surface area contributed by atoms with Crippen LogP contribution in [0.25, 0.3) is 0 Å². The van der Waals surface area contributed by atoms with Crippen molar-refractivity contribution in [2.45, 2.75) is 43.7 Å². The van der Waals surface area contributed by atoms with E-state index < -0.39 is 0 Å². The van der Waals surface area contributed by atoms with Gasteiger partial charge in [-0.2, -0.15) is 0 Å². The van der Waals surface area contributed by atoms with Gasteiger partial charge in [0.15, 0.2) is 0 Å². The Kier molecular flexibility index (Phi) is 6.58. The van der Waals surface area contributed by atoms with Crippen molar-refractivity contribution in [2.24, 2.45) is 0 Å². The van der Waals surface area contributed by atoms with E-state index in [1.54, 1.807) is 0 Å². The molecule has 0 aliphatic rings. The van der Waals surface area contributed by atoms with E-state index in [0.717, 1.165) is 0 Å². The maximum absolute atomic E-state index is 2.33. The van der Waals surface area contributed by atoms with E-state index in [0.29, 0.717) is 41.7 Å². The molecule has 0 fully saturated rings. The molecule has 21 heavy (non-hydrogen) atoms. The van der Waals surface area contributed by atoms with Crippen LogP contribution in [0.5, 0.6) is 0 Å². The van der Waals surface area contributed by atoms with Gasteiger partial charge in [-0.15, -0.1) is 0 Å². The van der Waals surface area contributed by atoms with Crippen molar-refractivity contribution in [3.8, 4) is 0 Å². The summed E-state index contributed by atoms with van der Waals surface area (Å²) in [7, 11) is 0. The first kappa shape index (κ1) is 16.8. The fraction of sp³-hybridized carbons (Fsp3) is 0.368. The van der Waals surface area contributed by atoms with Gasteiger partial charge in [-0.25, -0.2) is 0 Å². The first-order valence-electron chi connectivity index (χ1n) is 7.52. The van der Waals surface area contributed by atoms with E-state index in [2.05, 4.69) is 76.2 Å². The minimum atomic E-state index is 0.617. The Labute approximate surface area is 142 Å². The molecule has 0 aromatic heterocycles. The molecule has 0 aliphatic carbocycles. The molecule has 112 valence electrons. The van der Waals surface area contributed by atoms with Crippen LogP contribution in [0.1, 0.15) is 50.7 Å². The average Bonchev–Trinajstić information content (AvgIpc) is 2.48. The monoisotopic (exact) mass is 412 g/mol. The van der Waals surface area contributed by atoms with Crippen molar-refractivity contribution in [1.29, 1.82) is 0 Å². The predicted octanol–water partition coefficient (Wildman–Crippen LogP) is 3.67. The SMILES string of the molecule is CC(C)c1ccc([Se]C[Se]c2ccc(C(C)C)cc2)cc1. The molecule has 2 aromatic rings. The fourth-order valence-corrected chi connectivity index (χ4v) is 7.75. The van der Waals surface area contributed by atoms with Gasteiger partial charge in [0.1, 0.15) is 0 Å². The molecule has 0 saturated heterocycles. The van der Waals surface area contributed by atoms with E-state index in [9.17, 15) is 0 Å². The second-order valence-corrected chi connectivity index (χ2v) is 12.1. The third-order valence-corrected chi connectivity index (χ3v) is 9.15. The molecule has 0 aliphatic heterocycles. The van der Waals surface area contributed by atoms with E-state index in [1.165, 1.54) is 24.3 Å². The van der Waals surface area contributed by atoms with Gasteiger partial charge in [0.05, 0.1) is 0 Å². The van der Waals surface area contributed by atoms with E-state index in [4.69, 9.17) is 0 Å². The Morgan fingerprint density at radius 3 is 1.24 bits per heavy atom. The topological polar surface area (TPSA) is 0 Å². The van der Waals surface area contributed by atoms with Crippen molar-refractivity contribution in [1.82, 2.24) is 0 Å². The molecule has 2 rings (SSSR count). The molecule has 0 heterocycles. The van der Waals surface area contributed by atoms with Crippen molar-refractivity contribution in [3.63, 3.8) is 0 Å². The van der Waals surface area contributed by atoms with Gasteiger partial charge in [0.2, 0.25) is 0 Å². The number of benzene rings is 2. The first-order valence-corrected chi connectivity index (χ1v) is 11.7. The molecule has 0 saturated carbocycles. The Morgan fingerprint density at radius 1 is 0.619 bits per heavy atom. The van der Waals surface area contributed by atoms with Crippen molar-refractivity contribution < 1.29 is 0 Å². The third-order valence-electron chi connectivity index (χ3n) is 3.54. The quantitative estimate of drug-likeness (QED) is 0.638. The molecule has 0 radical (unpaired) electrons. The van der Waals surface area contributed by atoms with Gasteiger partial charge in [0.25, 0.3) is 0 Å². The fourth-order valence-electron chi connectivity index (χ4n) is 2.06. The van der Waals surface area contributed by atoms with Crippen molar-refractivity contribution in [2.75, 3.05) is 0 Å². The van der Waals surface area contributed by atoms with Gasteiger partial charge in [-0.3, -0.25) is 0 Å². The van der Waals surface area contributed by atoms with Gasteiger partial charge in [-0.1, -0.05) is 0 Å². The summed E-state index contributed by atoms with van der Waals surface area (Å²) in [4.78, 5) is 0. The molecule has 2 heteroatoms. The van der Waals surface area contributed by atoms with Crippen LogP contribution in [0.15, 0.2) is 48.5 Å². The number of hydrogen-bond donors (Lipinski definition) is 0. The average molecular weight is 410 g/mol. The Hall–Kier alpha value is -0.521. The van der Waals surface area contributed by atoms with Crippen molar-refractivity contribution >= 4 is 38.8 Å². The molecule has 0 N–H and O–H groups in total. The van der Waals surface area contributed by atoms with Crippen molar-refractivity contribution in [3.05, 3.63) is 59.7 Å². The molecule has 0 atom stereocenters. The molecule has 0 amide bonds. The molecule has 0 bridgehead atoms. The van der Waals surface area contributed by atoms with Crippen LogP contribution in [-0.2, 0) is 0 Å². The van der Waals surface area contributed by atoms with Gasteiger partial charge in [0, 0.05) is 0 Å². The zero-order valence-electron chi connectivity index (χ0n) is 13.3. The summed E-state index contributed by atoms with van der Waals surface area (Å²) in [5.74, 6) is 1.27. The Balaban J connectivity index is 1.83. The van der Waals surface area contributed by atoms with Crippen LogP contribution in [0.4, 0.5) is 0 Å². The molecule has 2 aromatic carbocycles. The first-order chi connectivity index (χ1) is 10.1. The molecular weight excluding hydrogens is 386 g/mol. The Morgan fingerprint density at radius 2 is 0.952 bits per heavy atom. The summed E-state index contributed by atoms with van der Waals surface area (Å²) in [6.07, 6.45) is 0. The minimum absolute atomic E-state index is 0.617. The summed E-state index contributed by atoms with van der Waals surface area (Å²) in [6.45, 7) is 9.02. The molecule has 0 nitrogen and oxygen atoms in total. The van der Waals surface area contributed by atoms with Gasteiger partial charge in [-0.05, 0) is 0 Å². The van der Waals surface area contributed by atoms with Gasteiger partial charge >= 0.3 is 142 Å². The van der Waals surface area contributed by atoms with Crippen LogP contribution in [0.3, 0.4) is 0 Å². The summed E-state index contributed by atoms with van der Waals surface area (Å²) in [5, 5.41) is 0. The second-order valence-electron chi connectivity index (χ2n) is 5.85. The zero-order chi connectivity index (χ0) is 15.2. The summed E-state index contributed by atoms with van der Waals surface area (Å²) in [6, 6.07) is 18.5. The zero-order valence-corrected chi connectivity index (χ0v) is 16.7. The van der Waals surface area contributed by atoms with Crippen LogP contribution in [0.2, 0.25) is 4.22 Å². The normalized spacial score (nSPS) is 11.3. The van der Waals surface area contributed by atoms with Crippen LogP contribution in [-0.4, -0.2) is 29.9 Å². The van der Waals surface area contributed by atoms with E-state index >= 15 is 0 Å². The summed E-state index contributed by atoms with van der Waals surface area (Å²) < 4.78 is 4.42. The second kappa shape index (κ2) is 8.20.